The fourth-order valence-corrected chi connectivity index (χ4v) is 3.50. The van der Waals surface area contributed by atoms with Crippen molar-refractivity contribution in [3.8, 4) is 0 Å². The molecular formula is C18H20ClFN2S2. The molecule has 0 heterocycles. The van der Waals surface area contributed by atoms with E-state index >= 15 is 0 Å². The van der Waals surface area contributed by atoms with Gasteiger partial charge in [0, 0.05) is 34.3 Å². The maximum Gasteiger partial charge on any atom is 0.170 e. The molecule has 0 atom stereocenters. The Kier molecular flexibility index (Phi) is 7.82. The van der Waals surface area contributed by atoms with E-state index in [-0.39, 0.29) is 5.82 Å². The highest BCUT2D eigenvalue weighted by Gasteiger charge is 2.06. The minimum Gasteiger partial charge on any atom is -0.362 e. The molecule has 128 valence electrons. The van der Waals surface area contributed by atoms with Gasteiger partial charge in [0.2, 0.25) is 0 Å². The third kappa shape index (κ3) is 5.96. The van der Waals surface area contributed by atoms with Gasteiger partial charge in [-0.3, -0.25) is 0 Å². The van der Waals surface area contributed by atoms with Crippen molar-refractivity contribution >= 4 is 46.4 Å². The van der Waals surface area contributed by atoms with Gasteiger partial charge in [0.1, 0.15) is 5.82 Å². The Morgan fingerprint density at radius 3 is 2.62 bits per heavy atom. The fourth-order valence-electron chi connectivity index (χ4n) is 2.08. The Hall–Kier alpha value is -1.30. The van der Waals surface area contributed by atoms with Gasteiger partial charge in [-0.2, -0.15) is 11.8 Å². The van der Waals surface area contributed by atoms with E-state index < -0.39 is 0 Å². The molecule has 2 nitrogen and oxygen atoms in total. The lowest BCUT2D eigenvalue weighted by Crippen LogP contribution is -2.30. The second-order valence-electron chi connectivity index (χ2n) is 5.18. The summed E-state index contributed by atoms with van der Waals surface area (Å²) in [6.07, 6.45) is 1.02. The SMILES string of the molecule is CCc1ccc(NC(=S)NCCSCc2c(F)cccc2Cl)cc1. The number of rotatable bonds is 7. The van der Waals surface area contributed by atoms with Gasteiger partial charge in [-0.25, -0.2) is 4.39 Å². The Labute approximate surface area is 157 Å². The summed E-state index contributed by atoms with van der Waals surface area (Å²) in [5, 5.41) is 7.36. The first-order chi connectivity index (χ1) is 11.6. The molecule has 0 spiro atoms. The Morgan fingerprint density at radius 2 is 1.96 bits per heavy atom. The van der Waals surface area contributed by atoms with Crippen LogP contribution in [0.5, 0.6) is 0 Å². The highest BCUT2D eigenvalue weighted by Crippen LogP contribution is 2.23. The molecule has 0 amide bonds. The summed E-state index contributed by atoms with van der Waals surface area (Å²) in [6, 6.07) is 13.0. The lowest BCUT2D eigenvalue weighted by Gasteiger charge is -2.11. The van der Waals surface area contributed by atoms with Crippen LogP contribution < -0.4 is 10.6 Å². The van der Waals surface area contributed by atoms with Crippen molar-refractivity contribution in [2.45, 2.75) is 19.1 Å². The van der Waals surface area contributed by atoms with E-state index in [2.05, 4.69) is 29.7 Å². The molecule has 0 saturated heterocycles. The molecule has 0 fully saturated rings. The predicted molar refractivity (Wildman–Crippen MR) is 108 cm³/mol. The fraction of sp³-hybridized carbons (Fsp3) is 0.278. The van der Waals surface area contributed by atoms with Gasteiger partial charge in [0.15, 0.2) is 5.11 Å². The van der Waals surface area contributed by atoms with Gasteiger partial charge < -0.3 is 10.6 Å². The third-order valence-corrected chi connectivity index (χ3v) is 5.05. The Bertz CT molecular complexity index is 657. The number of hydrogen-bond acceptors (Lipinski definition) is 2. The van der Waals surface area contributed by atoms with Gasteiger partial charge >= 0.3 is 0 Å². The van der Waals surface area contributed by atoms with Crippen molar-refractivity contribution < 1.29 is 4.39 Å². The lowest BCUT2D eigenvalue weighted by molar-refractivity contribution is 0.617. The number of nitrogens with one attached hydrogen (secondary N) is 2. The summed E-state index contributed by atoms with van der Waals surface area (Å²) in [5.74, 6) is 1.10. The van der Waals surface area contributed by atoms with Crippen molar-refractivity contribution in [3.63, 3.8) is 0 Å². The Morgan fingerprint density at radius 1 is 1.21 bits per heavy atom. The minimum atomic E-state index is -0.254. The van der Waals surface area contributed by atoms with Crippen molar-refractivity contribution in [3.05, 3.63) is 64.4 Å². The molecule has 0 aliphatic carbocycles. The van der Waals surface area contributed by atoms with E-state index in [0.29, 0.717) is 28.0 Å². The maximum atomic E-state index is 13.6. The van der Waals surface area contributed by atoms with Gasteiger partial charge in [0.05, 0.1) is 0 Å². The van der Waals surface area contributed by atoms with E-state index in [4.69, 9.17) is 23.8 Å². The average Bonchev–Trinajstić information content (AvgIpc) is 2.57. The molecule has 2 N–H and O–H groups in total. The van der Waals surface area contributed by atoms with E-state index in [1.165, 1.54) is 11.6 Å². The average molecular weight is 383 g/mol. The topological polar surface area (TPSA) is 24.1 Å². The molecule has 0 unspecified atom stereocenters. The number of halogens is 2. The first-order valence-corrected chi connectivity index (χ1v) is 9.68. The van der Waals surface area contributed by atoms with Crippen LogP contribution in [0.4, 0.5) is 10.1 Å². The zero-order valence-electron chi connectivity index (χ0n) is 13.4. The summed E-state index contributed by atoms with van der Waals surface area (Å²) in [6.45, 7) is 2.83. The first-order valence-electron chi connectivity index (χ1n) is 7.74. The Balaban J connectivity index is 1.67. The van der Waals surface area contributed by atoms with Crippen LogP contribution in [0.2, 0.25) is 5.02 Å². The van der Waals surface area contributed by atoms with Crippen molar-refractivity contribution in [2.75, 3.05) is 17.6 Å². The maximum absolute atomic E-state index is 13.6. The van der Waals surface area contributed by atoms with Gasteiger partial charge in [-0.1, -0.05) is 36.7 Å². The molecule has 0 saturated carbocycles. The van der Waals surface area contributed by atoms with Crippen LogP contribution in [0, 0.1) is 5.82 Å². The molecule has 0 aromatic heterocycles. The van der Waals surface area contributed by atoms with Crippen molar-refractivity contribution in [1.82, 2.24) is 5.32 Å². The van der Waals surface area contributed by atoms with Crippen LogP contribution in [-0.2, 0) is 12.2 Å². The zero-order chi connectivity index (χ0) is 17.4. The monoisotopic (exact) mass is 382 g/mol. The lowest BCUT2D eigenvalue weighted by atomic mass is 10.1. The molecule has 2 aromatic carbocycles. The number of hydrogen-bond donors (Lipinski definition) is 2. The number of thioether (sulfide) groups is 1. The first kappa shape index (κ1) is 19.0. The second-order valence-corrected chi connectivity index (χ2v) is 7.10. The molecule has 0 aliphatic heterocycles. The highest BCUT2D eigenvalue weighted by atomic mass is 35.5. The van der Waals surface area contributed by atoms with E-state index in [1.807, 2.05) is 12.1 Å². The highest BCUT2D eigenvalue weighted by molar-refractivity contribution is 7.98. The minimum absolute atomic E-state index is 0.254. The van der Waals surface area contributed by atoms with E-state index in [1.54, 1.807) is 23.9 Å². The summed E-state index contributed by atoms with van der Waals surface area (Å²) < 4.78 is 13.6. The van der Waals surface area contributed by atoms with E-state index in [0.717, 1.165) is 17.9 Å². The molecule has 2 rings (SSSR count). The number of anilines is 1. The van der Waals surface area contributed by atoms with Gasteiger partial charge in [0.25, 0.3) is 0 Å². The molecule has 2 aromatic rings. The summed E-state index contributed by atoms with van der Waals surface area (Å²) in [7, 11) is 0. The molecular weight excluding hydrogens is 363 g/mol. The zero-order valence-corrected chi connectivity index (χ0v) is 15.8. The molecule has 24 heavy (non-hydrogen) atoms. The second kappa shape index (κ2) is 9.87. The van der Waals surface area contributed by atoms with Gasteiger partial charge in [-0.05, 0) is 48.5 Å². The predicted octanol–water partition coefficient (Wildman–Crippen LogP) is 5.26. The van der Waals surface area contributed by atoms with Crippen LogP contribution in [-0.4, -0.2) is 17.4 Å². The van der Waals surface area contributed by atoms with Crippen molar-refractivity contribution in [1.29, 1.82) is 0 Å². The van der Waals surface area contributed by atoms with Crippen molar-refractivity contribution in [2.24, 2.45) is 0 Å². The number of aryl methyl sites for hydroxylation is 1. The standard InChI is InChI=1S/C18H20ClFN2S2/c1-2-13-6-8-14(9-7-13)22-18(23)21-10-11-24-12-15-16(19)4-3-5-17(15)20/h3-9H,2,10-12H2,1H3,(H2,21,22,23). The molecule has 0 bridgehead atoms. The van der Waals surface area contributed by atoms with Crippen LogP contribution in [0.25, 0.3) is 0 Å². The number of benzene rings is 2. The van der Waals surface area contributed by atoms with E-state index in [9.17, 15) is 4.39 Å². The largest absolute Gasteiger partial charge is 0.362 e. The third-order valence-electron chi connectivity index (χ3n) is 3.46. The molecule has 0 aliphatic rings. The summed E-state index contributed by atoms with van der Waals surface area (Å²) in [5.41, 5.74) is 2.82. The smallest absolute Gasteiger partial charge is 0.170 e. The van der Waals surface area contributed by atoms with Crippen LogP contribution in [0.3, 0.4) is 0 Å². The van der Waals surface area contributed by atoms with Crippen LogP contribution in [0.1, 0.15) is 18.1 Å². The van der Waals surface area contributed by atoms with Gasteiger partial charge in [-0.15, -0.1) is 0 Å². The summed E-state index contributed by atoms with van der Waals surface area (Å²) in [4.78, 5) is 0. The molecule has 6 heteroatoms. The number of thiocarbonyl (C=S) groups is 1. The summed E-state index contributed by atoms with van der Waals surface area (Å²) >= 11 is 12.9. The van der Waals surface area contributed by atoms with Crippen LogP contribution >= 0.6 is 35.6 Å². The quantitative estimate of drug-likeness (QED) is 0.503. The normalized spacial score (nSPS) is 10.5. The molecule has 0 radical (unpaired) electrons. The van der Waals surface area contributed by atoms with Crippen LogP contribution in [0.15, 0.2) is 42.5 Å².